The van der Waals surface area contributed by atoms with Crippen molar-refractivity contribution in [3.05, 3.63) is 231 Å². The Morgan fingerprint density at radius 1 is 0.271 bits per heavy atom. The van der Waals surface area contributed by atoms with E-state index < -0.39 is 0 Å². The Balaban J connectivity index is 0.988. The Bertz CT molecular complexity index is 4480. The van der Waals surface area contributed by atoms with Gasteiger partial charge in [0.05, 0.1) is 50.5 Å². The zero-order valence-electron chi connectivity index (χ0n) is 37.5. The van der Waals surface area contributed by atoms with E-state index in [0.717, 1.165) is 122 Å². The number of rotatable bonds is 6. The van der Waals surface area contributed by atoms with Crippen molar-refractivity contribution in [3.63, 3.8) is 0 Å². The van der Waals surface area contributed by atoms with Gasteiger partial charge in [-0.3, -0.25) is 0 Å². The molecule has 6 heteroatoms. The van der Waals surface area contributed by atoms with E-state index in [1.54, 1.807) is 0 Å². The molecule has 0 atom stereocenters. The second kappa shape index (κ2) is 15.0. The van der Waals surface area contributed by atoms with E-state index in [9.17, 15) is 0 Å². The Morgan fingerprint density at radius 2 is 0.786 bits per heavy atom. The summed E-state index contributed by atoms with van der Waals surface area (Å²) >= 11 is 0. The van der Waals surface area contributed by atoms with Crippen LogP contribution in [0.25, 0.3) is 144 Å². The van der Waals surface area contributed by atoms with Crippen LogP contribution in [0, 0.1) is 0 Å². The van der Waals surface area contributed by atoms with Gasteiger partial charge in [-0.05, 0) is 103 Å². The number of nitrogens with zero attached hydrogens (tertiary/aromatic N) is 4. The maximum atomic E-state index is 6.31. The number of pyridine rings is 2. The fourth-order valence-electron chi connectivity index (χ4n) is 10.9. The van der Waals surface area contributed by atoms with Crippen molar-refractivity contribution in [1.82, 2.24) is 19.1 Å². The van der Waals surface area contributed by atoms with Crippen molar-refractivity contribution in [3.8, 4) is 56.4 Å². The third kappa shape index (κ3) is 5.87. The number of hydrogen-bond donors (Lipinski definition) is 0. The molecule has 0 N–H and O–H groups in total. The highest BCUT2D eigenvalue weighted by Crippen LogP contribution is 2.44. The maximum absolute atomic E-state index is 6.31. The highest BCUT2D eigenvalue weighted by Gasteiger charge is 2.23. The molecular formula is C64H38N4O2. The molecular weight excluding hydrogens is 857 g/mol. The summed E-state index contributed by atoms with van der Waals surface area (Å²) in [5.41, 5.74) is 17.8. The topological polar surface area (TPSA) is 61.9 Å². The van der Waals surface area contributed by atoms with E-state index >= 15 is 0 Å². The monoisotopic (exact) mass is 894 g/mol. The van der Waals surface area contributed by atoms with Crippen molar-refractivity contribution in [2.45, 2.75) is 0 Å². The molecule has 0 spiro atoms. The lowest BCUT2D eigenvalue weighted by atomic mass is 10.0. The molecule has 0 aliphatic heterocycles. The Labute approximate surface area is 400 Å². The standard InChI is InChI=1S/C64H38N4O2/c1-2-14-39(15-3-1)52-22-13-23-53(65-52)40-16-12-17-43(34-40)67-57-25-9-5-21-49(57)63-58(67)31-30-48-45-18-4-8-24-56(45)68(64(48)63)44-37-54(41-28-32-61-50(35-41)46-19-6-10-26-59(46)69-61)66-55(38-44)42-29-33-62-51(36-42)47-20-7-11-27-60(47)70-62/h1-38H. The fraction of sp³-hybridized carbons (Fsp3) is 0. The molecule has 0 aliphatic carbocycles. The second-order valence-corrected chi connectivity index (χ2v) is 18.1. The summed E-state index contributed by atoms with van der Waals surface area (Å²) in [7, 11) is 0. The quantitative estimate of drug-likeness (QED) is 0.167. The van der Waals surface area contributed by atoms with E-state index in [1.165, 1.54) is 21.5 Å². The molecule has 0 fully saturated rings. The molecule has 6 aromatic heterocycles. The summed E-state index contributed by atoms with van der Waals surface area (Å²) in [5.74, 6) is 0. The molecule has 0 bridgehead atoms. The normalized spacial score (nSPS) is 12.0. The first-order valence-electron chi connectivity index (χ1n) is 23.6. The Hall–Kier alpha value is -9.52. The highest BCUT2D eigenvalue weighted by molar-refractivity contribution is 6.26. The number of hydrogen-bond acceptors (Lipinski definition) is 4. The average Bonchev–Trinajstić information content (AvgIpc) is 4.18. The van der Waals surface area contributed by atoms with Crippen LogP contribution in [0.4, 0.5) is 0 Å². The predicted molar refractivity (Wildman–Crippen MR) is 287 cm³/mol. The summed E-state index contributed by atoms with van der Waals surface area (Å²) in [6.45, 7) is 0. The van der Waals surface area contributed by atoms with Gasteiger partial charge >= 0.3 is 0 Å². The van der Waals surface area contributed by atoms with E-state index in [1.807, 2.05) is 30.3 Å². The van der Waals surface area contributed by atoms with Crippen molar-refractivity contribution >= 4 is 87.5 Å². The molecule has 15 aromatic rings. The zero-order chi connectivity index (χ0) is 45.9. The molecule has 0 radical (unpaired) electrons. The van der Waals surface area contributed by atoms with Gasteiger partial charge in [-0.1, -0.05) is 127 Å². The summed E-state index contributed by atoms with van der Waals surface area (Å²) in [6, 6.07) is 81.4. The van der Waals surface area contributed by atoms with Gasteiger partial charge < -0.3 is 18.0 Å². The minimum Gasteiger partial charge on any atom is -0.456 e. The van der Waals surface area contributed by atoms with E-state index in [4.69, 9.17) is 18.8 Å². The van der Waals surface area contributed by atoms with Crippen molar-refractivity contribution < 1.29 is 8.83 Å². The van der Waals surface area contributed by atoms with Crippen LogP contribution < -0.4 is 0 Å². The minimum atomic E-state index is 0.849. The number of furan rings is 2. The summed E-state index contributed by atoms with van der Waals surface area (Å²) < 4.78 is 17.5. The molecule has 9 aromatic carbocycles. The predicted octanol–water partition coefficient (Wildman–Crippen LogP) is 17.1. The molecule has 0 amide bonds. The highest BCUT2D eigenvalue weighted by atomic mass is 16.3. The molecule has 6 nitrogen and oxygen atoms in total. The first-order chi connectivity index (χ1) is 34.7. The lowest BCUT2D eigenvalue weighted by Gasteiger charge is -2.14. The molecule has 0 saturated carbocycles. The number of fused-ring (bicyclic) bond motifs is 13. The Kier molecular flexibility index (Phi) is 8.26. The van der Waals surface area contributed by atoms with Crippen LogP contribution in [0.15, 0.2) is 239 Å². The van der Waals surface area contributed by atoms with Crippen molar-refractivity contribution in [1.29, 1.82) is 0 Å². The van der Waals surface area contributed by atoms with Gasteiger partial charge in [-0.25, -0.2) is 9.97 Å². The van der Waals surface area contributed by atoms with E-state index in [-0.39, 0.29) is 0 Å². The summed E-state index contributed by atoms with van der Waals surface area (Å²) in [4.78, 5) is 10.7. The van der Waals surface area contributed by atoms with Gasteiger partial charge in [0.1, 0.15) is 22.3 Å². The second-order valence-electron chi connectivity index (χ2n) is 18.1. The fourth-order valence-corrected chi connectivity index (χ4v) is 10.9. The smallest absolute Gasteiger partial charge is 0.135 e. The largest absolute Gasteiger partial charge is 0.456 e. The van der Waals surface area contributed by atoms with Crippen LogP contribution >= 0.6 is 0 Å². The molecule has 0 saturated heterocycles. The molecule has 15 rings (SSSR count). The maximum Gasteiger partial charge on any atom is 0.135 e. The lowest BCUT2D eigenvalue weighted by molar-refractivity contribution is 0.668. The number of para-hydroxylation sites is 4. The molecule has 0 unspecified atom stereocenters. The molecule has 6 heterocycles. The van der Waals surface area contributed by atoms with E-state index in [0.29, 0.717) is 0 Å². The van der Waals surface area contributed by atoms with Gasteiger partial charge in [0, 0.05) is 71.0 Å². The van der Waals surface area contributed by atoms with Crippen LogP contribution in [0.2, 0.25) is 0 Å². The van der Waals surface area contributed by atoms with Crippen LogP contribution in [0.3, 0.4) is 0 Å². The molecule has 70 heavy (non-hydrogen) atoms. The zero-order valence-corrected chi connectivity index (χ0v) is 37.5. The third-order valence-corrected chi connectivity index (χ3v) is 14.1. The number of benzene rings is 9. The van der Waals surface area contributed by atoms with Gasteiger partial charge in [-0.2, -0.15) is 0 Å². The van der Waals surface area contributed by atoms with E-state index in [2.05, 4.69) is 209 Å². The van der Waals surface area contributed by atoms with Crippen LogP contribution in [0.5, 0.6) is 0 Å². The molecule has 326 valence electrons. The van der Waals surface area contributed by atoms with Crippen molar-refractivity contribution in [2.75, 3.05) is 0 Å². The SMILES string of the molecule is c1ccc(-c2cccc(-c3cccc(-n4c5ccccc5c5c4ccc4c6ccccc6n(-c6cc(-c7ccc8oc9ccccc9c8c7)nc(-c7ccc8oc9ccccc9c8c7)c6)c45)c3)n2)cc1. The average molecular weight is 895 g/mol. The van der Waals surface area contributed by atoms with Crippen LogP contribution in [0.1, 0.15) is 0 Å². The first kappa shape index (κ1) is 38.6. The summed E-state index contributed by atoms with van der Waals surface area (Å²) in [6.07, 6.45) is 0. The lowest BCUT2D eigenvalue weighted by Crippen LogP contribution is -1.99. The van der Waals surface area contributed by atoms with Gasteiger partial charge in [0.15, 0.2) is 0 Å². The van der Waals surface area contributed by atoms with Gasteiger partial charge in [-0.15, -0.1) is 0 Å². The van der Waals surface area contributed by atoms with Crippen molar-refractivity contribution in [2.24, 2.45) is 0 Å². The first-order valence-corrected chi connectivity index (χ1v) is 23.6. The summed E-state index contributed by atoms with van der Waals surface area (Å²) in [5, 5.41) is 8.99. The number of aromatic nitrogens is 4. The minimum absolute atomic E-state index is 0.849. The van der Waals surface area contributed by atoms with Crippen LogP contribution in [-0.4, -0.2) is 19.1 Å². The van der Waals surface area contributed by atoms with Gasteiger partial charge in [0.2, 0.25) is 0 Å². The van der Waals surface area contributed by atoms with Crippen LogP contribution in [-0.2, 0) is 0 Å². The van der Waals surface area contributed by atoms with Gasteiger partial charge in [0.25, 0.3) is 0 Å². The molecule has 0 aliphatic rings. The third-order valence-electron chi connectivity index (χ3n) is 14.1. The Morgan fingerprint density at radius 3 is 1.47 bits per heavy atom.